The highest BCUT2D eigenvalue weighted by Crippen LogP contribution is 2.29. The number of hydrogen-bond donors (Lipinski definition) is 0. The number of piperidine rings is 1. The summed E-state index contributed by atoms with van der Waals surface area (Å²) in [6.07, 6.45) is 11.5. The van der Waals surface area contributed by atoms with Gasteiger partial charge in [0.15, 0.2) is 0 Å². The second-order valence-electron chi connectivity index (χ2n) is 6.34. The van der Waals surface area contributed by atoms with Crippen LogP contribution in [-0.4, -0.2) is 36.6 Å². The molecular weight excluding hydrogens is 246 g/mol. The molecule has 1 atom stereocenters. The molecule has 0 radical (unpaired) electrons. The summed E-state index contributed by atoms with van der Waals surface area (Å²) in [4.78, 5) is 9.69. The Morgan fingerprint density at radius 2 is 1.70 bits per heavy atom. The van der Waals surface area contributed by atoms with Gasteiger partial charge in [0.1, 0.15) is 5.82 Å². The molecule has 2 aliphatic rings. The van der Waals surface area contributed by atoms with E-state index in [1.54, 1.807) is 0 Å². The van der Waals surface area contributed by atoms with E-state index in [0.29, 0.717) is 6.04 Å². The molecule has 2 saturated heterocycles. The van der Waals surface area contributed by atoms with Gasteiger partial charge in [-0.2, -0.15) is 0 Å². The molecule has 3 heteroatoms. The Hall–Kier alpha value is -1.09. The summed E-state index contributed by atoms with van der Waals surface area (Å²) < 4.78 is 0. The predicted octanol–water partition coefficient (Wildman–Crippen LogP) is 3.62. The minimum Gasteiger partial charge on any atom is -0.357 e. The fraction of sp³-hybridized carbons (Fsp3) is 0.706. The van der Waals surface area contributed by atoms with Gasteiger partial charge in [-0.3, -0.25) is 4.90 Å². The Labute approximate surface area is 123 Å². The predicted molar refractivity (Wildman–Crippen MR) is 84.1 cm³/mol. The van der Waals surface area contributed by atoms with Gasteiger partial charge in [-0.05, 0) is 50.9 Å². The quantitative estimate of drug-likeness (QED) is 0.820. The van der Waals surface area contributed by atoms with Gasteiger partial charge in [0.25, 0.3) is 0 Å². The van der Waals surface area contributed by atoms with Crippen molar-refractivity contribution in [1.29, 1.82) is 0 Å². The lowest BCUT2D eigenvalue weighted by Crippen LogP contribution is -2.30. The van der Waals surface area contributed by atoms with Crippen molar-refractivity contribution in [3.63, 3.8) is 0 Å². The number of anilines is 1. The van der Waals surface area contributed by atoms with Crippen molar-refractivity contribution in [2.24, 2.45) is 0 Å². The van der Waals surface area contributed by atoms with E-state index < -0.39 is 0 Å². The van der Waals surface area contributed by atoms with E-state index in [0.717, 1.165) is 0 Å². The van der Waals surface area contributed by atoms with Crippen LogP contribution in [0.15, 0.2) is 18.3 Å². The molecule has 3 heterocycles. The first kappa shape index (κ1) is 13.9. The number of aromatic nitrogens is 1. The van der Waals surface area contributed by atoms with Gasteiger partial charge in [-0.15, -0.1) is 0 Å². The molecule has 1 aromatic rings. The van der Waals surface area contributed by atoms with Crippen LogP contribution < -0.4 is 4.90 Å². The van der Waals surface area contributed by atoms with Crippen LogP contribution in [0.25, 0.3) is 0 Å². The maximum Gasteiger partial charge on any atom is 0.128 e. The summed E-state index contributed by atoms with van der Waals surface area (Å²) in [5.74, 6) is 1.18. The van der Waals surface area contributed by atoms with Crippen molar-refractivity contribution >= 4 is 5.82 Å². The van der Waals surface area contributed by atoms with Crippen molar-refractivity contribution in [1.82, 2.24) is 9.88 Å². The summed E-state index contributed by atoms with van der Waals surface area (Å²) in [6, 6.07) is 5.12. The molecule has 0 aromatic carbocycles. The van der Waals surface area contributed by atoms with Gasteiger partial charge in [-0.25, -0.2) is 4.98 Å². The molecule has 0 bridgehead atoms. The van der Waals surface area contributed by atoms with Crippen molar-refractivity contribution in [3.8, 4) is 0 Å². The molecule has 0 amide bonds. The van der Waals surface area contributed by atoms with Crippen molar-refractivity contribution in [2.75, 3.05) is 31.6 Å². The Morgan fingerprint density at radius 1 is 0.950 bits per heavy atom. The minimum absolute atomic E-state index is 0.578. The Bertz CT molecular complexity index is 407. The zero-order valence-corrected chi connectivity index (χ0v) is 12.7. The van der Waals surface area contributed by atoms with Crippen LogP contribution in [0.4, 0.5) is 5.82 Å². The molecule has 0 spiro atoms. The van der Waals surface area contributed by atoms with E-state index in [-0.39, 0.29) is 0 Å². The summed E-state index contributed by atoms with van der Waals surface area (Å²) in [5, 5.41) is 0. The van der Waals surface area contributed by atoms with Gasteiger partial charge in [0.05, 0.1) is 0 Å². The molecule has 3 nitrogen and oxygen atoms in total. The maximum absolute atomic E-state index is 4.75. The Morgan fingerprint density at radius 3 is 2.35 bits per heavy atom. The van der Waals surface area contributed by atoms with E-state index in [9.17, 15) is 0 Å². The first-order valence-corrected chi connectivity index (χ1v) is 8.26. The number of likely N-dealkylation sites (tertiary alicyclic amines) is 1. The third-order valence-corrected chi connectivity index (χ3v) is 4.86. The molecule has 110 valence electrons. The zero-order chi connectivity index (χ0) is 13.8. The van der Waals surface area contributed by atoms with Crippen LogP contribution in [0.3, 0.4) is 0 Å². The standard InChI is InChI=1S/C17H27N3/c1-19-11-7-4-8-16(19)15-9-10-17(18-14-15)20-12-5-2-3-6-13-20/h9-10,14,16H,2-8,11-13H2,1H3/t16-/m1/s1. The van der Waals surface area contributed by atoms with Crippen LogP contribution in [0.2, 0.25) is 0 Å². The van der Waals surface area contributed by atoms with Crippen LogP contribution >= 0.6 is 0 Å². The van der Waals surface area contributed by atoms with Crippen LogP contribution in [-0.2, 0) is 0 Å². The van der Waals surface area contributed by atoms with Gasteiger partial charge < -0.3 is 4.90 Å². The molecule has 20 heavy (non-hydrogen) atoms. The highest BCUT2D eigenvalue weighted by molar-refractivity contribution is 5.40. The maximum atomic E-state index is 4.75. The lowest BCUT2D eigenvalue weighted by atomic mass is 9.97. The largest absolute Gasteiger partial charge is 0.357 e. The Kier molecular flexibility index (Phi) is 4.56. The normalized spacial score (nSPS) is 25.4. The highest BCUT2D eigenvalue weighted by Gasteiger charge is 2.21. The SMILES string of the molecule is CN1CCCC[C@@H]1c1ccc(N2CCCCCC2)nc1. The monoisotopic (exact) mass is 273 g/mol. The molecular formula is C17H27N3. The average molecular weight is 273 g/mol. The third kappa shape index (κ3) is 3.14. The molecule has 2 fully saturated rings. The van der Waals surface area contributed by atoms with Crippen molar-refractivity contribution < 1.29 is 0 Å². The van der Waals surface area contributed by atoms with E-state index in [1.165, 1.54) is 76.0 Å². The van der Waals surface area contributed by atoms with Crippen molar-refractivity contribution in [3.05, 3.63) is 23.9 Å². The molecule has 0 saturated carbocycles. The van der Waals surface area contributed by atoms with Gasteiger partial charge in [0.2, 0.25) is 0 Å². The second kappa shape index (κ2) is 6.57. The van der Waals surface area contributed by atoms with E-state index in [2.05, 4.69) is 35.2 Å². The minimum atomic E-state index is 0.578. The van der Waals surface area contributed by atoms with Crippen LogP contribution in [0, 0.1) is 0 Å². The smallest absolute Gasteiger partial charge is 0.128 e. The van der Waals surface area contributed by atoms with Crippen LogP contribution in [0.1, 0.15) is 56.6 Å². The van der Waals surface area contributed by atoms with E-state index in [4.69, 9.17) is 4.98 Å². The van der Waals surface area contributed by atoms with Gasteiger partial charge >= 0.3 is 0 Å². The fourth-order valence-corrected chi connectivity index (χ4v) is 3.58. The summed E-state index contributed by atoms with van der Waals surface area (Å²) in [5.41, 5.74) is 1.39. The fourth-order valence-electron chi connectivity index (χ4n) is 3.58. The Balaban J connectivity index is 1.70. The molecule has 2 aliphatic heterocycles. The zero-order valence-electron chi connectivity index (χ0n) is 12.7. The summed E-state index contributed by atoms with van der Waals surface area (Å²) in [6.45, 7) is 3.57. The molecule has 0 N–H and O–H groups in total. The van der Waals surface area contributed by atoms with E-state index in [1.807, 2.05) is 0 Å². The second-order valence-corrected chi connectivity index (χ2v) is 6.34. The number of rotatable bonds is 2. The van der Waals surface area contributed by atoms with Crippen molar-refractivity contribution in [2.45, 2.75) is 51.0 Å². The van der Waals surface area contributed by atoms with E-state index >= 15 is 0 Å². The molecule has 3 rings (SSSR count). The number of hydrogen-bond acceptors (Lipinski definition) is 3. The topological polar surface area (TPSA) is 19.4 Å². The molecule has 0 aliphatic carbocycles. The van der Waals surface area contributed by atoms with Crippen LogP contribution in [0.5, 0.6) is 0 Å². The average Bonchev–Trinajstić information content (AvgIpc) is 2.77. The summed E-state index contributed by atoms with van der Waals surface area (Å²) in [7, 11) is 2.24. The lowest BCUT2D eigenvalue weighted by Gasteiger charge is -2.32. The molecule has 1 aromatic heterocycles. The number of nitrogens with zero attached hydrogens (tertiary/aromatic N) is 3. The molecule has 0 unspecified atom stereocenters. The highest BCUT2D eigenvalue weighted by atomic mass is 15.2. The summed E-state index contributed by atoms with van der Waals surface area (Å²) >= 11 is 0. The van der Waals surface area contributed by atoms with Gasteiger partial charge in [0, 0.05) is 25.3 Å². The number of pyridine rings is 1. The first-order chi connectivity index (χ1) is 9.84. The lowest BCUT2D eigenvalue weighted by molar-refractivity contribution is 0.187. The van der Waals surface area contributed by atoms with Gasteiger partial charge in [-0.1, -0.05) is 25.3 Å². The third-order valence-electron chi connectivity index (χ3n) is 4.86. The first-order valence-electron chi connectivity index (χ1n) is 8.26.